The molecule has 0 bridgehead atoms. The Morgan fingerprint density at radius 1 is 1.33 bits per heavy atom. The van der Waals surface area contributed by atoms with E-state index in [1.165, 1.54) is 0 Å². The van der Waals surface area contributed by atoms with Crippen LogP contribution in [-0.2, 0) is 4.79 Å². The van der Waals surface area contributed by atoms with Gasteiger partial charge in [-0.25, -0.2) is 0 Å². The molecule has 2 N–H and O–H groups in total. The monoisotopic (exact) mass is 254 g/mol. The number of likely N-dealkylation sites (tertiary alicyclic amines) is 1. The first-order valence-corrected chi connectivity index (χ1v) is 7.35. The predicted molar refractivity (Wildman–Crippen MR) is 76.3 cm³/mol. The van der Waals surface area contributed by atoms with Gasteiger partial charge >= 0.3 is 0 Å². The summed E-state index contributed by atoms with van der Waals surface area (Å²) in [4.78, 5) is 14.3. The number of hydrogen-bond acceptors (Lipinski definition) is 2. The van der Waals surface area contributed by atoms with E-state index < -0.39 is 0 Å². The molecule has 0 saturated carbocycles. The van der Waals surface area contributed by atoms with Crippen molar-refractivity contribution in [2.45, 2.75) is 65.8 Å². The van der Waals surface area contributed by atoms with E-state index in [0.717, 1.165) is 38.1 Å². The summed E-state index contributed by atoms with van der Waals surface area (Å²) in [6.07, 6.45) is 4.92. The van der Waals surface area contributed by atoms with Crippen LogP contribution in [0.2, 0.25) is 0 Å². The van der Waals surface area contributed by atoms with Gasteiger partial charge in [0.2, 0.25) is 5.91 Å². The smallest absolute Gasteiger partial charge is 0.222 e. The van der Waals surface area contributed by atoms with Gasteiger partial charge in [-0.1, -0.05) is 20.8 Å². The van der Waals surface area contributed by atoms with E-state index in [9.17, 15) is 4.79 Å². The summed E-state index contributed by atoms with van der Waals surface area (Å²) < 4.78 is 0. The summed E-state index contributed by atoms with van der Waals surface area (Å²) in [6, 6.07) is 0.416. The molecular weight excluding hydrogens is 224 g/mol. The first kappa shape index (κ1) is 15.5. The molecule has 0 aromatic heterocycles. The Morgan fingerprint density at radius 2 is 2.00 bits per heavy atom. The fourth-order valence-electron chi connectivity index (χ4n) is 2.88. The maximum Gasteiger partial charge on any atom is 0.222 e. The standard InChI is InChI=1S/C15H30N2O/c1-12-6-10-17(13(2)11-12)14(18)5-7-15(3,4)8-9-16/h12-13H,5-11,16H2,1-4H3. The molecule has 3 heteroatoms. The lowest BCUT2D eigenvalue weighted by Crippen LogP contribution is -2.44. The van der Waals surface area contributed by atoms with E-state index >= 15 is 0 Å². The van der Waals surface area contributed by atoms with Crippen molar-refractivity contribution in [2.24, 2.45) is 17.1 Å². The molecule has 18 heavy (non-hydrogen) atoms. The summed E-state index contributed by atoms with van der Waals surface area (Å²) in [5, 5.41) is 0. The van der Waals surface area contributed by atoms with E-state index in [-0.39, 0.29) is 5.41 Å². The molecule has 106 valence electrons. The molecule has 0 spiro atoms. The number of carbonyl (C=O) groups is 1. The third-order valence-corrected chi connectivity index (χ3v) is 4.30. The van der Waals surface area contributed by atoms with Gasteiger partial charge in [0.15, 0.2) is 0 Å². The molecule has 1 rings (SSSR count). The third-order valence-electron chi connectivity index (χ3n) is 4.30. The second-order valence-corrected chi connectivity index (χ2v) is 6.77. The fraction of sp³-hybridized carbons (Fsp3) is 0.933. The summed E-state index contributed by atoms with van der Waals surface area (Å²) in [5.41, 5.74) is 5.80. The highest BCUT2D eigenvalue weighted by atomic mass is 16.2. The minimum atomic E-state index is 0.191. The topological polar surface area (TPSA) is 46.3 Å². The van der Waals surface area contributed by atoms with Crippen molar-refractivity contribution in [3.8, 4) is 0 Å². The number of hydrogen-bond donors (Lipinski definition) is 1. The lowest BCUT2D eigenvalue weighted by molar-refractivity contribution is -0.135. The zero-order chi connectivity index (χ0) is 13.8. The van der Waals surface area contributed by atoms with E-state index in [1.807, 2.05) is 0 Å². The Balaban J connectivity index is 2.41. The van der Waals surface area contributed by atoms with Crippen molar-refractivity contribution in [1.29, 1.82) is 0 Å². The SMILES string of the molecule is CC1CCN(C(=O)CCC(C)(C)CCN)C(C)C1. The molecule has 2 unspecified atom stereocenters. The number of piperidine rings is 1. The normalized spacial score (nSPS) is 25.3. The maximum atomic E-state index is 12.3. The molecule has 0 aromatic carbocycles. The van der Waals surface area contributed by atoms with Crippen LogP contribution in [-0.4, -0.2) is 29.9 Å². The van der Waals surface area contributed by atoms with Crippen molar-refractivity contribution in [2.75, 3.05) is 13.1 Å². The summed E-state index contributed by atoms with van der Waals surface area (Å²) >= 11 is 0. The zero-order valence-electron chi connectivity index (χ0n) is 12.5. The third kappa shape index (κ3) is 4.60. The molecule has 3 nitrogen and oxygen atoms in total. The van der Waals surface area contributed by atoms with Crippen LogP contribution in [0.3, 0.4) is 0 Å². The van der Waals surface area contributed by atoms with Crippen molar-refractivity contribution in [3.63, 3.8) is 0 Å². The quantitative estimate of drug-likeness (QED) is 0.820. The number of carbonyl (C=O) groups excluding carboxylic acids is 1. The van der Waals surface area contributed by atoms with Crippen LogP contribution in [0.4, 0.5) is 0 Å². The van der Waals surface area contributed by atoms with Crippen LogP contribution in [0.5, 0.6) is 0 Å². The van der Waals surface area contributed by atoms with Gasteiger partial charge < -0.3 is 10.6 Å². The van der Waals surface area contributed by atoms with Gasteiger partial charge in [-0.05, 0) is 50.5 Å². The Hall–Kier alpha value is -0.570. The predicted octanol–water partition coefficient (Wildman–Crippen LogP) is 2.79. The van der Waals surface area contributed by atoms with Crippen molar-refractivity contribution in [1.82, 2.24) is 4.90 Å². The van der Waals surface area contributed by atoms with Crippen LogP contribution in [0.15, 0.2) is 0 Å². The van der Waals surface area contributed by atoms with Crippen molar-refractivity contribution in [3.05, 3.63) is 0 Å². The van der Waals surface area contributed by atoms with E-state index in [2.05, 4.69) is 32.6 Å². The van der Waals surface area contributed by atoms with Crippen LogP contribution in [0, 0.1) is 11.3 Å². The van der Waals surface area contributed by atoms with E-state index in [1.54, 1.807) is 0 Å². The summed E-state index contributed by atoms with van der Waals surface area (Å²) in [7, 11) is 0. The maximum absolute atomic E-state index is 12.3. The number of amides is 1. The van der Waals surface area contributed by atoms with Gasteiger partial charge in [-0.3, -0.25) is 4.79 Å². The molecule has 2 atom stereocenters. The second kappa shape index (κ2) is 6.55. The Bertz CT molecular complexity index is 276. The summed E-state index contributed by atoms with van der Waals surface area (Å²) in [6.45, 7) is 10.5. The van der Waals surface area contributed by atoms with Crippen LogP contribution in [0.1, 0.15) is 59.8 Å². The largest absolute Gasteiger partial charge is 0.340 e. The van der Waals surface area contributed by atoms with Crippen molar-refractivity contribution < 1.29 is 4.79 Å². The molecule has 1 aliphatic heterocycles. The van der Waals surface area contributed by atoms with Crippen LogP contribution >= 0.6 is 0 Å². The molecule has 1 fully saturated rings. The van der Waals surface area contributed by atoms with E-state index in [0.29, 0.717) is 24.9 Å². The minimum Gasteiger partial charge on any atom is -0.340 e. The average Bonchev–Trinajstić information content (AvgIpc) is 2.26. The first-order chi connectivity index (χ1) is 8.35. The summed E-state index contributed by atoms with van der Waals surface area (Å²) in [5.74, 6) is 1.09. The Kier molecular flexibility index (Phi) is 5.64. The molecule has 1 aliphatic rings. The highest BCUT2D eigenvalue weighted by Gasteiger charge is 2.27. The highest BCUT2D eigenvalue weighted by molar-refractivity contribution is 5.76. The lowest BCUT2D eigenvalue weighted by Gasteiger charge is -2.37. The van der Waals surface area contributed by atoms with Crippen molar-refractivity contribution >= 4 is 5.91 Å². The number of nitrogens with zero attached hydrogens (tertiary/aromatic N) is 1. The van der Waals surface area contributed by atoms with Gasteiger partial charge in [-0.15, -0.1) is 0 Å². The minimum absolute atomic E-state index is 0.191. The zero-order valence-corrected chi connectivity index (χ0v) is 12.5. The molecule has 0 aromatic rings. The van der Waals surface area contributed by atoms with Gasteiger partial charge in [0, 0.05) is 19.0 Å². The average molecular weight is 254 g/mol. The lowest BCUT2D eigenvalue weighted by atomic mass is 9.84. The van der Waals surface area contributed by atoms with E-state index in [4.69, 9.17) is 5.73 Å². The highest BCUT2D eigenvalue weighted by Crippen LogP contribution is 2.28. The van der Waals surface area contributed by atoms with Gasteiger partial charge in [0.25, 0.3) is 0 Å². The Morgan fingerprint density at radius 3 is 2.56 bits per heavy atom. The van der Waals surface area contributed by atoms with Gasteiger partial charge in [-0.2, -0.15) is 0 Å². The molecule has 1 saturated heterocycles. The first-order valence-electron chi connectivity index (χ1n) is 7.35. The Labute approximate surface area is 112 Å². The van der Waals surface area contributed by atoms with Gasteiger partial charge in [0.1, 0.15) is 0 Å². The molecule has 1 amide bonds. The number of nitrogens with two attached hydrogens (primary N) is 1. The molecule has 0 radical (unpaired) electrons. The fourth-order valence-corrected chi connectivity index (χ4v) is 2.88. The second-order valence-electron chi connectivity index (χ2n) is 6.77. The van der Waals surface area contributed by atoms with Crippen LogP contribution < -0.4 is 5.73 Å². The number of rotatable bonds is 5. The molecular formula is C15H30N2O. The molecule has 1 heterocycles. The van der Waals surface area contributed by atoms with Gasteiger partial charge in [0.05, 0.1) is 0 Å². The molecule has 0 aliphatic carbocycles. The van der Waals surface area contributed by atoms with Crippen LogP contribution in [0.25, 0.3) is 0 Å².